The van der Waals surface area contributed by atoms with Crippen LogP contribution in [0.3, 0.4) is 0 Å². The van der Waals surface area contributed by atoms with E-state index in [4.69, 9.17) is 0 Å². The van der Waals surface area contributed by atoms with Crippen molar-refractivity contribution in [3.63, 3.8) is 0 Å². The number of carbonyl (C=O) groups excluding carboxylic acids is 2. The number of aliphatic hydroxyl groups is 1. The molecule has 5 heteroatoms. The topological polar surface area (TPSA) is 78.4 Å². The average Bonchev–Trinajstić information content (AvgIpc) is 2.49. The zero-order valence-corrected chi connectivity index (χ0v) is 15.3. The van der Waals surface area contributed by atoms with E-state index in [1.54, 1.807) is 19.1 Å². The summed E-state index contributed by atoms with van der Waals surface area (Å²) in [5.74, 6) is 0.0926. The standard InChI is InChI=1S/C19H30N2O3/c1-13(10-14(2)22)11-20-17(23)16-8-6-15(7-9-16)12-21-18(24)19(3,4)5/h6-9,13-14,22H,10-12H2,1-5H3,(H,20,23)(H,21,24). The zero-order valence-electron chi connectivity index (χ0n) is 15.3. The Bertz CT molecular complexity index is 545. The molecule has 2 unspecified atom stereocenters. The van der Waals surface area contributed by atoms with Crippen LogP contribution in [0.15, 0.2) is 24.3 Å². The predicted molar refractivity (Wildman–Crippen MR) is 95.5 cm³/mol. The Morgan fingerprint density at radius 1 is 1.08 bits per heavy atom. The van der Waals surface area contributed by atoms with Crippen molar-refractivity contribution in [1.29, 1.82) is 0 Å². The summed E-state index contributed by atoms with van der Waals surface area (Å²) < 4.78 is 0. The maximum Gasteiger partial charge on any atom is 0.251 e. The highest BCUT2D eigenvalue weighted by Crippen LogP contribution is 2.13. The first-order chi connectivity index (χ1) is 11.1. The van der Waals surface area contributed by atoms with Crippen LogP contribution in [0.25, 0.3) is 0 Å². The van der Waals surface area contributed by atoms with Gasteiger partial charge in [-0.3, -0.25) is 9.59 Å². The van der Waals surface area contributed by atoms with Gasteiger partial charge in [0.1, 0.15) is 0 Å². The smallest absolute Gasteiger partial charge is 0.251 e. The fourth-order valence-electron chi connectivity index (χ4n) is 2.26. The maximum absolute atomic E-state index is 12.1. The van der Waals surface area contributed by atoms with Gasteiger partial charge < -0.3 is 15.7 Å². The van der Waals surface area contributed by atoms with Gasteiger partial charge in [-0.1, -0.05) is 39.8 Å². The van der Waals surface area contributed by atoms with Gasteiger partial charge in [-0.25, -0.2) is 0 Å². The molecule has 1 aromatic carbocycles. The molecular weight excluding hydrogens is 304 g/mol. The minimum atomic E-state index is -0.414. The third-order valence-corrected chi connectivity index (χ3v) is 3.70. The van der Waals surface area contributed by atoms with Gasteiger partial charge in [0.15, 0.2) is 0 Å². The Balaban J connectivity index is 2.49. The lowest BCUT2D eigenvalue weighted by atomic mass is 9.95. The fourth-order valence-corrected chi connectivity index (χ4v) is 2.26. The first-order valence-corrected chi connectivity index (χ1v) is 8.43. The second-order valence-electron chi connectivity index (χ2n) is 7.53. The van der Waals surface area contributed by atoms with Crippen LogP contribution in [0.1, 0.15) is 57.0 Å². The van der Waals surface area contributed by atoms with E-state index in [2.05, 4.69) is 10.6 Å². The van der Waals surface area contributed by atoms with Crippen molar-refractivity contribution in [2.24, 2.45) is 11.3 Å². The van der Waals surface area contributed by atoms with Gasteiger partial charge in [0.2, 0.25) is 5.91 Å². The molecule has 3 N–H and O–H groups in total. The molecule has 0 aliphatic carbocycles. The van der Waals surface area contributed by atoms with Crippen molar-refractivity contribution >= 4 is 11.8 Å². The summed E-state index contributed by atoms with van der Waals surface area (Å²) in [7, 11) is 0. The predicted octanol–water partition coefficient (Wildman–Crippen LogP) is 2.49. The molecule has 2 amide bonds. The lowest BCUT2D eigenvalue weighted by molar-refractivity contribution is -0.128. The lowest BCUT2D eigenvalue weighted by Gasteiger charge is -2.17. The molecule has 0 aromatic heterocycles. The summed E-state index contributed by atoms with van der Waals surface area (Å²) in [6.07, 6.45) is 0.298. The zero-order chi connectivity index (χ0) is 18.3. The second kappa shape index (κ2) is 8.83. The SMILES string of the molecule is CC(O)CC(C)CNC(=O)c1ccc(CNC(=O)C(C)(C)C)cc1. The molecule has 2 atom stereocenters. The largest absolute Gasteiger partial charge is 0.393 e. The maximum atomic E-state index is 12.1. The number of nitrogens with one attached hydrogen (secondary N) is 2. The Morgan fingerprint density at radius 2 is 1.67 bits per heavy atom. The van der Waals surface area contributed by atoms with Crippen molar-refractivity contribution in [1.82, 2.24) is 10.6 Å². The number of hydrogen-bond donors (Lipinski definition) is 3. The molecule has 0 radical (unpaired) electrons. The van der Waals surface area contributed by atoms with E-state index in [1.807, 2.05) is 39.8 Å². The normalized spacial score (nSPS) is 13.9. The van der Waals surface area contributed by atoms with Gasteiger partial charge in [-0.05, 0) is 37.0 Å². The molecule has 0 saturated heterocycles. The summed E-state index contributed by atoms with van der Waals surface area (Å²) in [6.45, 7) is 10.3. The van der Waals surface area contributed by atoms with Gasteiger partial charge in [0, 0.05) is 24.1 Å². The molecular formula is C19H30N2O3. The summed E-state index contributed by atoms with van der Waals surface area (Å²) >= 11 is 0. The lowest BCUT2D eigenvalue weighted by Crippen LogP contribution is -2.34. The van der Waals surface area contributed by atoms with E-state index in [-0.39, 0.29) is 23.8 Å². The van der Waals surface area contributed by atoms with Crippen LogP contribution >= 0.6 is 0 Å². The summed E-state index contributed by atoms with van der Waals surface area (Å²) in [5.41, 5.74) is 1.12. The molecule has 134 valence electrons. The van der Waals surface area contributed by atoms with E-state index in [0.29, 0.717) is 25.1 Å². The Labute approximate surface area is 144 Å². The van der Waals surface area contributed by atoms with Crippen LogP contribution in [-0.4, -0.2) is 29.6 Å². The monoisotopic (exact) mass is 334 g/mol. The number of benzene rings is 1. The minimum Gasteiger partial charge on any atom is -0.393 e. The van der Waals surface area contributed by atoms with Crippen molar-refractivity contribution < 1.29 is 14.7 Å². The molecule has 0 saturated carbocycles. The molecule has 0 fully saturated rings. The van der Waals surface area contributed by atoms with Gasteiger partial charge >= 0.3 is 0 Å². The Kier molecular flexibility index (Phi) is 7.42. The van der Waals surface area contributed by atoms with Crippen LogP contribution in [-0.2, 0) is 11.3 Å². The molecule has 0 aliphatic heterocycles. The van der Waals surface area contributed by atoms with Crippen LogP contribution in [0, 0.1) is 11.3 Å². The third kappa shape index (κ3) is 7.13. The highest BCUT2D eigenvalue weighted by Gasteiger charge is 2.20. The van der Waals surface area contributed by atoms with Gasteiger partial charge in [0.05, 0.1) is 6.10 Å². The van der Waals surface area contributed by atoms with E-state index >= 15 is 0 Å². The van der Waals surface area contributed by atoms with Crippen LogP contribution < -0.4 is 10.6 Å². The van der Waals surface area contributed by atoms with Crippen molar-refractivity contribution in [3.05, 3.63) is 35.4 Å². The first kappa shape index (κ1) is 20.2. The molecule has 0 spiro atoms. The Hall–Kier alpha value is -1.88. The molecule has 0 bridgehead atoms. The summed E-state index contributed by atoms with van der Waals surface area (Å²) in [5, 5.41) is 15.1. The number of carbonyl (C=O) groups is 2. The molecule has 24 heavy (non-hydrogen) atoms. The second-order valence-corrected chi connectivity index (χ2v) is 7.53. The first-order valence-electron chi connectivity index (χ1n) is 8.43. The summed E-state index contributed by atoms with van der Waals surface area (Å²) in [6, 6.07) is 7.20. The highest BCUT2D eigenvalue weighted by molar-refractivity contribution is 5.94. The van der Waals surface area contributed by atoms with Gasteiger partial charge in [-0.2, -0.15) is 0 Å². The van der Waals surface area contributed by atoms with E-state index in [0.717, 1.165) is 5.56 Å². The number of rotatable bonds is 7. The van der Waals surface area contributed by atoms with E-state index < -0.39 is 5.41 Å². The van der Waals surface area contributed by atoms with Crippen molar-refractivity contribution in [2.45, 2.75) is 53.7 Å². The molecule has 0 heterocycles. The molecule has 1 rings (SSSR count). The number of hydrogen-bond acceptors (Lipinski definition) is 3. The van der Waals surface area contributed by atoms with E-state index in [9.17, 15) is 14.7 Å². The Morgan fingerprint density at radius 3 is 2.17 bits per heavy atom. The molecule has 0 aliphatic rings. The van der Waals surface area contributed by atoms with Crippen molar-refractivity contribution in [3.8, 4) is 0 Å². The minimum absolute atomic E-state index is 0.00332. The van der Waals surface area contributed by atoms with Crippen LogP contribution in [0.2, 0.25) is 0 Å². The van der Waals surface area contributed by atoms with Gasteiger partial charge in [-0.15, -0.1) is 0 Å². The number of aliphatic hydroxyl groups excluding tert-OH is 1. The molecule has 5 nitrogen and oxygen atoms in total. The fraction of sp³-hybridized carbons (Fsp3) is 0.579. The summed E-state index contributed by atoms with van der Waals surface area (Å²) in [4.78, 5) is 23.9. The van der Waals surface area contributed by atoms with E-state index in [1.165, 1.54) is 0 Å². The third-order valence-electron chi connectivity index (χ3n) is 3.70. The van der Waals surface area contributed by atoms with Gasteiger partial charge in [0.25, 0.3) is 5.91 Å². The van der Waals surface area contributed by atoms with Crippen molar-refractivity contribution in [2.75, 3.05) is 6.54 Å². The number of amides is 2. The average molecular weight is 334 g/mol. The highest BCUT2D eigenvalue weighted by atomic mass is 16.3. The van der Waals surface area contributed by atoms with Crippen LogP contribution in [0.5, 0.6) is 0 Å². The quantitative estimate of drug-likeness (QED) is 0.717. The van der Waals surface area contributed by atoms with Crippen LogP contribution in [0.4, 0.5) is 0 Å². The molecule has 1 aromatic rings.